The molecule has 0 fully saturated rings. The molecule has 0 radical (unpaired) electrons. The summed E-state index contributed by atoms with van der Waals surface area (Å²) >= 11 is 0. The summed E-state index contributed by atoms with van der Waals surface area (Å²) in [4.78, 5) is 8.59. The van der Waals surface area contributed by atoms with Crippen LogP contribution in [0.25, 0.3) is 0 Å². The molecule has 6 heteroatoms. The van der Waals surface area contributed by atoms with Crippen molar-refractivity contribution < 1.29 is 4.74 Å². The maximum Gasteiger partial charge on any atom is 0.188 e. The lowest BCUT2D eigenvalue weighted by atomic mass is 10.2. The van der Waals surface area contributed by atoms with Crippen molar-refractivity contribution in [3.63, 3.8) is 0 Å². The SMILES string of the molecule is I.NC(=NCCCCOCc1ccccc1)NCCc1ccccn1. The van der Waals surface area contributed by atoms with Crippen molar-refractivity contribution in [1.82, 2.24) is 10.3 Å². The number of rotatable bonds is 10. The number of hydrogen-bond donors (Lipinski definition) is 2. The van der Waals surface area contributed by atoms with Gasteiger partial charge in [0.05, 0.1) is 6.61 Å². The van der Waals surface area contributed by atoms with E-state index >= 15 is 0 Å². The van der Waals surface area contributed by atoms with Crippen LogP contribution < -0.4 is 11.1 Å². The normalized spacial score (nSPS) is 11.0. The minimum absolute atomic E-state index is 0. The minimum Gasteiger partial charge on any atom is -0.377 e. The number of nitrogens with two attached hydrogens (primary N) is 1. The van der Waals surface area contributed by atoms with E-state index in [2.05, 4.69) is 27.4 Å². The number of aliphatic imine (C=N–C) groups is 1. The Balaban J connectivity index is 0.00000312. The van der Waals surface area contributed by atoms with Gasteiger partial charge in [0.15, 0.2) is 5.96 Å². The van der Waals surface area contributed by atoms with Gasteiger partial charge in [-0.15, -0.1) is 24.0 Å². The van der Waals surface area contributed by atoms with Crippen molar-refractivity contribution in [2.45, 2.75) is 25.9 Å². The van der Waals surface area contributed by atoms with Crippen LogP contribution in [-0.4, -0.2) is 30.6 Å². The molecule has 2 rings (SSSR count). The maximum atomic E-state index is 5.84. The number of aromatic nitrogens is 1. The molecule has 136 valence electrons. The number of benzene rings is 1. The van der Waals surface area contributed by atoms with E-state index in [1.165, 1.54) is 5.56 Å². The molecule has 0 aliphatic heterocycles. The second kappa shape index (κ2) is 13.6. The molecule has 0 saturated carbocycles. The average molecular weight is 454 g/mol. The molecular formula is C19H27IN4O. The van der Waals surface area contributed by atoms with Crippen molar-refractivity contribution >= 4 is 29.9 Å². The molecule has 0 atom stereocenters. The molecule has 1 aromatic carbocycles. The van der Waals surface area contributed by atoms with Gasteiger partial charge in [-0.1, -0.05) is 36.4 Å². The lowest BCUT2D eigenvalue weighted by Gasteiger charge is -2.06. The fourth-order valence-electron chi connectivity index (χ4n) is 2.20. The van der Waals surface area contributed by atoms with Gasteiger partial charge in [0.2, 0.25) is 0 Å². The molecule has 0 aliphatic rings. The topological polar surface area (TPSA) is 72.5 Å². The van der Waals surface area contributed by atoms with E-state index < -0.39 is 0 Å². The Morgan fingerprint density at radius 2 is 1.88 bits per heavy atom. The van der Waals surface area contributed by atoms with Gasteiger partial charge < -0.3 is 15.8 Å². The van der Waals surface area contributed by atoms with Crippen molar-refractivity contribution in [2.75, 3.05) is 19.7 Å². The third-order valence-corrected chi connectivity index (χ3v) is 3.50. The fraction of sp³-hybridized carbons (Fsp3) is 0.368. The number of ether oxygens (including phenoxy) is 1. The first kappa shape index (κ1) is 21.4. The Morgan fingerprint density at radius 1 is 1.08 bits per heavy atom. The molecule has 3 N–H and O–H groups in total. The van der Waals surface area contributed by atoms with Crippen LogP contribution in [0.1, 0.15) is 24.1 Å². The number of unbranched alkanes of at least 4 members (excludes halogenated alkanes) is 1. The van der Waals surface area contributed by atoms with E-state index in [1.54, 1.807) is 6.20 Å². The summed E-state index contributed by atoms with van der Waals surface area (Å²) in [6.07, 6.45) is 4.59. The second-order valence-corrected chi connectivity index (χ2v) is 5.51. The summed E-state index contributed by atoms with van der Waals surface area (Å²) in [6.45, 7) is 2.88. The number of nitrogens with zero attached hydrogens (tertiary/aromatic N) is 2. The number of guanidine groups is 1. The van der Waals surface area contributed by atoms with E-state index in [4.69, 9.17) is 10.5 Å². The quantitative estimate of drug-likeness (QED) is 0.251. The predicted molar refractivity (Wildman–Crippen MR) is 113 cm³/mol. The Hall–Kier alpha value is -1.67. The summed E-state index contributed by atoms with van der Waals surface area (Å²) < 4.78 is 5.64. The smallest absolute Gasteiger partial charge is 0.188 e. The molecule has 0 saturated heterocycles. The van der Waals surface area contributed by atoms with Crippen LogP contribution in [0.15, 0.2) is 59.7 Å². The highest BCUT2D eigenvalue weighted by Crippen LogP contribution is 2.01. The molecule has 0 bridgehead atoms. The Bertz CT molecular complexity index is 593. The second-order valence-electron chi connectivity index (χ2n) is 5.51. The zero-order valence-corrected chi connectivity index (χ0v) is 16.8. The highest BCUT2D eigenvalue weighted by molar-refractivity contribution is 14.0. The molecule has 0 spiro atoms. The minimum atomic E-state index is 0. The van der Waals surface area contributed by atoms with Crippen LogP contribution in [0.3, 0.4) is 0 Å². The highest BCUT2D eigenvalue weighted by atomic mass is 127. The van der Waals surface area contributed by atoms with Gasteiger partial charge in [-0.05, 0) is 30.5 Å². The number of halogens is 1. The van der Waals surface area contributed by atoms with Gasteiger partial charge in [-0.3, -0.25) is 9.98 Å². The van der Waals surface area contributed by atoms with Crippen LogP contribution in [0.4, 0.5) is 0 Å². The largest absolute Gasteiger partial charge is 0.377 e. The zero-order chi connectivity index (χ0) is 16.9. The van der Waals surface area contributed by atoms with Crippen LogP contribution in [0, 0.1) is 0 Å². The first-order chi connectivity index (χ1) is 11.8. The molecule has 2 aromatic rings. The molecule has 25 heavy (non-hydrogen) atoms. The fourth-order valence-corrected chi connectivity index (χ4v) is 2.20. The number of nitrogens with one attached hydrogen (secondary N) is 1. The van der Waals surface area contributed by atoms with Crippen LogP contribution >= 0.6 is 24.0 Å². The highest BCUT2D eigenvalue weighted by Gasteiger charge is 1.95. The monoisotopic (exact) mass is 454 g/mol. The van der Waals surface area contributed by atoms with Gasteiger partial charge >= 0.3 is 0 Å². The van der Waals surface area contributed by atoms with Crippen molar-refractivity contribution in [2.24, 2.45) is 10.7 Å². The summed E-state index contributed by atoms with van der Waals surface area (Å²) in [5.74, 6) is 0.496. The number of hydrogen-bond acceptors (Lipinski definition) is 3. The van der Waals surface area contributed by atoms with E-state index in [0.29, 0.717) is 12.6 Å². The molecule has 0 unspecified atom stereocenters. The Labute approximate surface area is 167 Å². The first-order valence-corrected chi connectivity index (χ1v) is 8.40. The van der Waals surface area contributed by atoms with Gasteiger partial charge in [0, 0.05) is 38.0 Å². The molecule has 1 heterocycles. The van der Waals surface area contributed by atoms with Crippen LogP contribution in [-0.2, 0) is 17.8 Å². The summed E-state index contributed by atoms with van der Waals surface area (Å²) in [6, 6.07) is 16.1. The summed E-state index contributed by atoms with van der Waals surface area (Å²) in [7, 11) is 0. The van der Waals surface area contributed by atoms with Crippen molar-refractivity contribution in [3.8, 4) is 0 Å². The summed E-state index contributed by atoms with van der Waals surface area (Å²) in [5.41, 5.74) is 8.10. The van der Waals surface area contributed by atoms with Crippen molar-refractivity contribution in [1.29, 1.82) is 0 Å². The lowest BCUT2D eigenvalue weighted by molar-refractivity contribution is 0.117. The lowest BCUT2D eigenvalue weighted by Crippen LogP contribution is -2.33. The van der Waals surface area contributed by atoms with Gasteiger partial charge in [0.25, 0.3) is 0 Å². The Morgan fingerprint density at radius 3 is 2.64 bits per heavy atom. The van der Waals surface area contributed by atoms with Gasteiger partial charge in [0.1, 0.15) is 0 Å². The summed E-state index contributed by atoms with van der Waals surface area (Å²) in [5, 5.41) is 3.11. The first-order valence-electron chi connectivity index (χ1n) is 8.40. The van der Waals surface area contributed by atoms with Gasteiger partial charge in [-0.25, -0.2) is 0 Å². The molecule has 1 aromatic heterocycles. The predicted octanol–water partition coefficient (Wildman–Crippen LogP) is 3.14. The van der Waals surface area contributed by atoms with E-state index in [1.807, 2.05) is 36.4 Å². The zero-order valence-electron chi connectivity index (χ0n) is 14.4. The van der Waals surface area contributed by atoms with E-state index in [0.717, 1.165) is 44.7 Å². The molecular weight excluding hydrogens is 427 g/mol. The average Bonchev–Trinajstić information content (AvgIpc) is 2.63. The van der Waals surface area contributed by atoms with Gasteiger partial charge in [-0.2, -0.15) is 0 Å². The third-order valence-electron chi connectivity index (χ3n) is 3.50. The maximum absolute atomic E-state index is 5.84. The third kappa shape index (κ3) is 10.0. The standard InChI is InChI=1S/C19H26N4O.HI/c20-19(23-14-11-18-10-4-5-12-21-18)22-13-6-7-15-24-16-17-8-2-1-3-9-17;/h1-5,8-10,12H,6-7,11,13-16H2,(H3,20,22,23);1H. The Kier molecular flexibility index (Phi) is 11.6. The van der Waals surface area contributed by atoms with E-state index in [9.17, 15) is 0 Å². The molecule has 0 aliphatic carbocycles. The van der Waals surface area contributed by atoms with Crippen LogP contribution in [0.5, 0.6) is 0 Å². The van der Waals surface area contributed by atoms with Crippen LogP contribution in [0.2, 0.25) is 0 Å². The number of pyridine rings is 1. The van der Waals surface area contributed by atoms with E-state index in [-0.39, 0.29) is 24.0 Å². The molecule has 0 amide bonds. The van der Waals surface area contributed by atoms with Crippen molar-refractivity contribution in [3.05, 3.63) is 66.0 Å². The molecule has 5 nitrogen and oxygen atoms in total.